The third-order valence-corrected chi connectivity index (χ3v) is 2.96. The van der Waals surface area contributed by atoms with Crippen LogP contribution in [0, 0.1) is 0 Å². The van der Waals surface area contributed by atoms with Crippen LogP contribution < -0.4 is 0 Å². The first kappa shape index (κ1) is 11.7. The molecule has 2 rings (SSSR count). The predicted octanol–water partition coefficient (Wildman–Crippen LogP) is 3.21. The number of rotatable bonds is 4. The number of hydrogen-bond donors (Lipinski definition) is 1. The number of carboxylic acid groups (broad SMARTS) is 1. The lowest BCUT2D eigenvalue weighted by Crippen LogP contribution is -2.14. The molecule has 2 aromatic rings. The molecule has 0 saturated heterocycles. The Hall–Kier alpha value is -1.74. The lowest BCUT2D eigenvalue weighted by molar-refractivity contribution is -0.137. The van der Waals surface area contributed by atoms with Gasteiger partial charge in [0.05, 0.1) is 12.5 Å². The Morgan fingerprint density at radius 3 is 2.47 bits per heavy atom. The van der Waals surface area contributed by atoms with Crippen molar-refractivity contribution in [3.63, 3.8) is 0 Å². The number of aliphatic carboxylic acids is 1. The van der Waals surface area contributed by atoms with Crippen LogP contribution in [0.25, 0.3) is 0 Å². The molecule has 0 bridgehead atoms. The summed E-state index contributed by atoms with van der Waals surface area (Å²) in [5.41, 5.74) is 0.827. The van der Waals surface area contributed by atoms with E-state index < -0.39 is 5.97 Å². The van der Waals surface area contributed by atoms with E-state index in [9.17, 15) is 4.79 Å². The Balaban J connectivity index is 2.41. The van der Waals surface area contributed by atoms with Gasteiger partial charge in [-0.1, -0.05) is 29.8 Å². The van der Waals surface area contributed by atoms with Crippen molar-refractivity contribution in [2.45, 2.75) is 12.5 Å². The summed E-state index contributed by atoms with van der Waals surface area (Å²) >= 11 is 6.11. The van der Waals surface area contributed by atoms with E-state index in [2.05, 4.69) is 0 Å². The number of benzene rings is 1. The van der Waals surface area contributed by atoms with E-state index in [4.69, 9.17) is 16.7 Å². The number of carboxylic acids is 1. The summed E-state index contributed by atoms with van der Waals surface area (Å²) in [6.07, 6.45) is 3.70. The van der Waals surface area contributed by atoms with Crippen molar-refractivity contribution in [3.8, 4) is 0 Å². The van der Waals surface area contributed by atoms with E-state index in [-0.39, 0.29) is 12.5 Å². The fraction of sp³-hybridized carbons (Fsp3) is 0.154. The maximum atomic E-state index is 10.9. The molecule has 0 aliphatic rings. The Morgan fingerprint density at radius 2 is 1.88 bits per heavy atom. The SMILES string of the molecule is O=C(O)C[C@H](c1ccccc1Cl)n1cccc1. The Labute approximate surface area is 104 Å². The standard InChI is InChI=1S/C13H12ClNO2/c14-11-6-2-1-5-10(11)12(9-13(16)17)15-7-3-4-8-15/h1-8,12H,9H2,(H,16,17)/t12-/m1/s1. The van der Waals surface area contributed by atoms with E-state index in [0.717, 1.165) is 5.56 Å². The zero-order chi connectivity index (χ0) is 12.3. The van der Waals surface area contributed by atoms with Gasteiger partial charge in [0.25, 0.3) is 0 Å². The van der Waals surface area contributed by atoms with Crippen LogP contribution >= 0.6 is 11.6 Å². The lowest BCUT2D eigenvalue weighted by Gasteiger charge is -2.18. The van der Waals surface area contributed by atoms with Crippen LogP contribution in [-0.2, 0) is 4.79 Å². The molecule has 0 aliphatic carbocycles. The third-order valence-electron chi connectivity index (χ3n) is 2.62. The Kier molecular flexibility index (Phi) is 3.49. The van der Waals surface area contributed by atoms with Gasteiger partial charge in [-0.25, -0.2) is 0 Å². The van der Waals surface area contributed by atoms with E-state index in [1.165, 1.54) is 0 Å². The van der Waals surface area contributed by atoms with E-state index in [0.29, 0.717) is 5.02 Å². The van der Waals surface area contributed by atoms with Gasteiger partial charge in [-0.05, 0) is 23.8 Å². The summed E-state index contributed by atoms with van der Waals surface area (Å²) in [5, 5.41) is 9.57. The summed E-state index contributed by atoms with van der Waals surface area (Å²) in [5.74, 6) is -0.844. The van der Waals surface area contributed by atoms with Crippen molar-refractivity contribution in [3.05, 3.63) is 59.4 Å². The molecule has 0 amide bonds. The highest BCUT2D eigenvalue weighted by Crippen LogP contribution is 2.28. The molecule has 88 valence electrons. The van der Waals surface area contributed by atoms with Gasteiger partial charge in [-0.3, -0.25) is 4.79 Å². The van der Waals surface area contributed by atoms with Crippen molar-refractivity contribution >= 4 is 17.6 Å². The topological polar surface area (TPSA) is 42.2 Å². The highest BCUT2D eigenvalue weighted by Gasteiger charge is 2.18. The Morgan fingerprint density at radius 1 is 1.24 bits per heavy atom. The summed E-state index contributed by atoms with van der Waals surface area (Å²) in [6, 6.07) is 10.8. The normalized spacial score (nSPS) is 12.3. The quantitative estimate of drug-likeness (QED) is 0.904. The largest absolute Gasteiger partial charge is 0.481 e. The molecule has 1 aromatic heterocycles. The molecule has 0 saturated carbocycles. The van der Waals surface area contributed by atoms with Crippen LogP contribution in [0.5, 0.6) is 0 Å². The molecule has 0 unspecified atom stereocenters. The fourth-order valence-corrected chi connectivity index (χ4v) is 2.10. The van der Waals surface area contributed by atoms with Crippen molar-refractivity contribution in [1.29, 1.82) is 0 Å². The molecule has 1 atom stereocenters. The molecule has 0 spiro atoms. The van der Waals surface area contributed by atoms with Crippen LogP contribution in [0.15, 0.2) is 48.8 Å². The molecular formula is C13H12ClNO2. The van der Waals surface area contributed by atoms with Gasteiger partial charge < -0.3 is 9.67 Å². The van der Waals surface area contributed by atoms with Gasteiger partial charge in [0.2, 0.25) is 0 Å². The Bertz CT molecular complexity index is 508. The van der Waals surface area contributed by atoms with Crippen LogP contribution in [0.2, 0.25) is 5.02 Å². The second kappa shape index (κ2) is 5.06. The molecule has 0 fully saturated rings. The maximum absolute atomic E-state index is 10.9. The summed E-state index contributed by atoms with van der Waals surface area (Å²) in [6.45, 7) is 0. The number of aromatic nitrogens is 1. The molecule has 17 heavy (non-hydrogen) atoms. The molecule has 3 nitrogen and oxygen atoms in total. The third kappa shape index (κ3) is 2.68. The molecule has 1 heterocycles. The van der Waals surface area contributed by atoms with Crippen LogP contribution in [-0.4, -0.2) is 15.6 Å². The first-order valence-corrected chi connectivity index (χ1v) is 5.65. The number of nitrogens with zero attached hydrogens (tertiary/aromatic N) is 1. The minimum absolute atomic E-state index is 0.0123. The van der Waals surface area contributed by atoms with Crippen molar-refractivity contribution < 1.29 is 9.90 Å². The highest BCUT2D eigenvalue weighted by molar-refractivity contribution is 6.31. The van der Waals surface area contributed by atoms with E-state index >= 15 is 0 Å². The summed E-state index contributed by atoms with van der Waals surface area (Å²) in [4.78, 5) is 10.9. The van der Waals surface area contributed by atoms with Crippen molar-refractivity contribution in [2.75, 3.05) is 0 Å². The second-order valence-corrected chi connectivity index (χ2v) is 4.17. The summed E-state index contributed by atoms with van der Waals surface area (Å²) in [7, 11) is 0. The zero-order valence-electron chi connectivity index (χ0n) is 9.08. The first-order valence-electron chi connectivity index (χ1n) is 5.27. The molecule has 0 aliphatic heterocycles. The monoisotopic (exact) mass is 249 g/mol. The van der Waals surface area contributed by atoms with Gasteiger partial charge in [0.1, 0.15) is 0 Å². The maximum Gasteiger partial charge on any atom is 0.305 e. The van der Waals surface area contributed by atoms with Gasteiger partial charge in [-0.15, -0.1) is 0 Å². The number of carbonyl (C=O) groups is 1. The second-order valence-electron chi connectivity index (χ2n) is 3.77. The molecule has 1 N–H and O–H groups in total. The zero-order valence-corrected chi connectivity index (χ0v) is 9.84. The van der Waals surface area contributed by atoms with E-state index in [1.807, 2.05) is 47.3 Å². The average molecular weight is 250 g/mol. The molecule has 1 aromatic carbocycles. The van der Waals surface area contributed by atoms with Crippen LogP contribution in [0.4, 0.5) is 0 Å². The predicted molar refractivity (Wildman–Crippen MR) is 66.3 cm³/mol. The minimum Gasteiger partial charge on any atom is -0.481 e. The highest BCUT2D eigenvalue weighted by atomic mass is 35.5. The number of halogens is 1. The fourth-order valence-electron chi connectivity index (χ4n) is 1.84. The lowest BCUT2D eigenvalue weighted by atomic mass is 10.0. The van der Waals surface area contributed by atoms with Gasteiger partial charge in [-0.2, -0.15) is 0 Å². The van der Waals surface area contributed by atoms with Gasteiger partial charge in [0, 0.05) is 17.4 Å². The van der Waals surface area contributed by atoms with Gasteiger partial charge in [0.15, 0.2) is 0 Å². The molecule has 4 heteroatoms. The van der Waals surface area contributed by atoms with Crippen molar-refractivity contribution in [2.24, 2.45) is 0 Å². The smallest absolute Gasteiger partial charge is 0.305 e. The van der Waals surface area contributed by atoms with Crippen molar-refractivity contribution in [1.82, 2.24) is 4.57 Å². The summed E-state index contributed by atoms with van der Waals surface area (Å²) < 4.78 is 1.86. The number of hydrogen-bond acceptors (Lipinski definition) is 1. The van der Waals surface area contributed by atoms with Crippen LogP contribution in [0.1, 0.15) is 18.0 Å². The van der Waals surface area contributed by atoms with Gasteiger partial charge >= 0.3 is 5.97 Å². The van der Waals surface area contributed by atoms with E-state index in [1.54, 1.807) is 6.07 Å². The average Bonchev–Trinajstić information content (AvgIpc) is 2.80. The minimum atomic E-state index is -0.844. The molecule has 0 radical (unpaired) electrons. The van der Waals surface area contributed by atoms with Crippen LogP contribution in [0.3, 0.4) is 0 Å². The molecular weight excluding hydrogens is 238 g/mol. The first-order chi connectivity index (χ1) is 8.18.